The van der Waals surface area contributed by atoms with Crippen LogP contribution in [0.4, 0.5) is 0 Å². The molecular weight excluding hydrogens is 210 g/mol. The van der Waals surface area contributed by atoms with Gasteiger partial charge in [0.15, 0.2) is 5.78 Å². The quantitative estimate of drug-likeness (QED) is 0.326. The van der Waals surface area contributed by atoms with Gasteiger partial charge in [-0.15, -0.1) is 0 Å². The molecule has 1 N–H and O–H groups in total. The number of allylic oxidation sites excluding steroid dienone is 3. The third-order valence-corrected chi connectivity index (χ3v) is 1.83. The van der Waals surface area contributed by atoms with E-state index in [1.54, 1.807) is 19.0 Å². The maximum absolute atomic E-state index is 11.5. The summed E-state index contributed by atoms with van der Waals surface area (Å²) >= 11 is 0. The van der Waals surface area contributed by atoms with Gasteiger partial charge in [-0.3, -0.25) is 4.79 Å². The minimum Gasteiger partial charge on any atom is -0.507 e. The van der Waals surface area contributed by atoms with Gasteiger partial charge in [0.05, 0.1) is 0 Å². The lowest BCUT2D eigenvalue weighted by atomic mass is 10.1. The van der Waals surface area contributed by atoms with Crippen LogP contribution < -0.4 is 0 Å². The van der Waals surface area contributed by atoms with E-state index in [-0.39, 0.29) is 11.3 Å². The fourth-order valence-electron chi connectivity index (χ4n) is 1.12. The third-order valence-electron chi connectivity index (χ3n) is 1.83. The highest BCUT2D eigenvalue weighted by Gasteiger charge is 2.27. The molecule has 1 heterocycles. The predicted octanol–water partition coefficient (Wildman–Crippen LogP) is 0.903. The average molecular weight is 223 g/mol. The Morgan fingerprint density at radius 3 is 2.56 bits per heavy atom. The van der Waals surface area contributed by atoms with Gasteiger partial charge in [-0.2, -0.15) is 0 Å². The number of aliphatic hydroxyl groups excluding tert-OH is 1. The first-order valence-electron chi connectivity index (χ1n) is 4.64. The van der Waals surface area contributed by atoms with Crippen molar-refractivity contribution in [3.05, 3.63) is 35.4 Å². The number of ketones is 1. The fourth-order valence-corrected chi connectivity index (χ4v) is 1.12. The molecule has 0 bridgehead atoms. The van der Waals surface area contributed by atoms with E-state index >= 15 is 0 Å². The number of nitrogens with zero attached hydrogens (tertiary/aromatic N) is 1. The van der Waals surface area contributed by atoms with Gasteiger partial charge in [0.1, 0.15) is 17.1 Å². The van der Waals surface area contributed by atoms with E-state index in [0.717, 1.165) is 6.08 Å². The average Bonchev–Trinajstić information content (AvgIpc) is 2.12. The highest BCUT2D eigenvalue weighted by atomic mass is 16.5. The first kappa shape index (κ1) is 12.0. The standard InChI is InChI=1S/C11H13NO4/c1-7-6-9(14)10(11(15)16-7)8(13)4-5-12(2)3/h4-6,13H,1-3H3/b5-4+,10-8-. The summed E-state index contributed by atoms with van der Waals surface area (Å²) in [6, 6.07) is 0. The molecule has 0 saturated heterocycles. The number of esters is 1. The highest BCUT2D eigenvalue weighted by molar-refractivity contribution is 6.24. The zero-order chi connectivity index (χ0) is 12.3. The van der Waals surface area contributed by atoms with Crippen LogP contribution in [0, 0.1) is 0 Å². The van der Waals surface area contributed by atoms with E-state index in [1.807, 2.05) is 0 Å². The molecule has 0 radical (unpaired) electrons. The molecule has 0 aliphatic carbocycles. The Balaban J connectivity index is 3.07. The molecule has 0 aromatic heterocycles. The van der Waals surface area contributed by atoms with Crippen LogP contribution in [0.15, 0.2) is 35.4 Å². The fraction of sp³-hybridized carbons (Fsp3) is 0.273. The lowest BCUT2D eigenvalue weighted by Crippen LogP contribution is -2.21. The van der Waals surface area contributed by atoms with Crippen molar-refractivity contribution in [1.82, 2.24) is 4.90 Å². The minimum absolute atomic E-state index is 0.225. The van der Waals surface area contributed by atoms with Crippen LogP contribution in [0.2, 0.25) is 0 Å². The zero-order valence-corrected chi connectivity index (χ0v) is 9.35. The molecule has 5 nitrogen and oxygen atoms in total. The van der Waals surface area contributed by atoms with E-state index in [4.69, 9.17) is 4.74 Å². The number of ether oxygens (including phenoxy) is 1. The summed E-state index contributed by atoms with van der Waals surface area (Å²) in [5.74, 6) is -1.55. The minimum atomic E-state index is -0.828. The van der Waals surface area contributed by atoms with Crippen molar-refractivity contribution in [2.45, 2.75) is 6.92 Å². The van der Waals surface area contributed by atoms with E-state index in [9.17, 15) is 14.7 Å². The smallest absolute Gasteiger partial charge is 0.351 e. The number of cyclic esters (lactones) is 1. The largest absolute Gasteiger partial charge is 0.507 e. The van der Waals surface area contributed by atoms with Gasteiger partial charge in [-0.05, 0) is 13.0 Å². The lowest BCUT2D eigenvalue weighted by Gasteiger charge is -2.12. The van der Waals surface area contributed by atoms with Gasteiger partial charge >= 0.3 is 5.97 Å². The van der Waals surface area contributed by atoms with E-state index in [0.29, 0.717) is 0 Å². The summed E-state index contributed by atoms with van der Waals surface area (Å²) in [7, 11) is 3.50. The van der Waals surface area contributed by atoms with Crippen LogP contribution in [0.1, 0.15) is 6.92 Å². The predicted molar refractivity (Wildman–Crippen MR) is 57.3 cm³/mol. The van der Waals surface area contributed by atoms with Crippen molar-refractivity contribution in [1.29, 1.82) is 0 Å². The Bertz CT molecular complexity index is 416. The van der Waals surface area contributed by atoms with Crippen molar-refractivity contribution in [3.8, 4) is 0 Å². The normalized spacial score (nSPS) is 19.6. The van der Waals surface area contributed by atoms with Gasteiger partial charge in [0, 0.05) is 26.4 Å². The number of rotatable bonds is 2. The Labute approximate surface area is 93.3 Å². The molecule has 0 spiro atoms. The lowest BCUT2D eigenvalue weighted by molar-refractivity contribution is -0.137. The van der Waals surface area contributed by atoms with Crippen LogP contribution in [0.5, 0.6) is 0 Å². The van der Waals surface area contributed by atoms with E-state index in [1.165, 1.54) is 19.2 Å². The molecule has 0 saturated carbocycles. The molecular formula is C11H13NO4. The second-order valence-corrected chi connectivity index (χ2v) is 3.55. The van der Waals surface area contributed by atoms with Gasteiger partial charge in [0.2, 0.25) is 0 Å². The van der Waals surface area contributed by atoms with Crippen molar-refractivity contribution in [3.63, 3.8) is 0 Å². The zero-order valence-electron chi connectivity index (χ0n) is 9.35. The van der Waals surface area contributed by atoms with Crippen LogP contribution >= 0.6 is 0 Å². The van der Waals surface area contributed by atoms with Crippen LogP contribution in [0.3, 0.4) is 0 Å². The maximum atomic E-state index is 11.5. The molecule has 1 rings (SSSR count). The third kappa shape index (κ3) is 2.73. The maximum Gasteiger partial charge on any atom is 0.351 e. The molecule has 0 aromatic rings. The van der Waals surface area contributed by atoms with E-state index in [2.05, 4.69) is 0 Å². The van der Waals surface area contributed by atoms with Crippen molar-refractivity contribution in [2.75, 3.05) is 14.1 Å². The van der Waals surface area contributed by atoms with Crippen molar-refractivity contribution in [2.24, 2.45) is 0 Å². The monoisotopic (exact) mass is 223 g/mol. The van der Waals surface area contributed by atoms with Crippen LogP contribution in [-0.4, -0.2) is 35.9 Å². The van der Waals surface area contributed by atoms with Gasteiger partial charge in [0.25, 0.3) is 0 Å². The van der Waals surface area contributed by atoms with Gasteiger partial charge < -0.3 is 14.7 Å². The second-order valence-electron chi connectivity index (χ2n) is 3.55. The summed E-state index contributed by atoms with van der Waals surface area (Å²) in [5.41, 5.74) is -0.344. The first-order chi connectivity index (χ1) is 7.41. The molecule has 1 aliphatic heterocycles. The summed E-state index contributed by atoms with van der Waals surface area (Å²) < 4.78 is 4.73. The highest BCUT2D eigenvalue weighted by Crippen LogP contribution is 2.16. The van der Waals surface area contributed by atoms with Crippen LogP contribution in [-0.2, 0) is 14.3 Å². The summed E-state index contributed by atoms with van der Waals surface area (Å²) in [4.78, 5) is 24.5. The molecule has 0 aromatic carbocycles. The SMILES string of the molecule is CC1=CC(=O)/C(=C(O)\C=C\N(C)C)C(=O)O1. The molecule has 86 valence electrons. The molecule has 0 atom stereocenters. The number of hydrogen-bond acceptors (Lipinski definition) is 5. The molecule has 5 heteroatoms. The van der Waals surface area contributed by atoms with Gasteiger partial charge in [-0.1, -0.05) is 0 Å². The molecule has 1 aliphatic rings. The Hall–Kier alpha value is -2.04. The number of hydrogen-bond donors (Lipinski definition) is 1. The Morgan fingerprint density at radius 1 is 1.44 bits per heavy atom. The Morgan fingerprint density at radius 2 is 2.06 bits per heavy atom. The second kappa shape index (κ2) is 4.65. The van der Waals surface area contributed by atoms with E-state index < -0.39 is 17.5 Å². The topological polar surface area (TPSA) is 66.8 Å². The number of carbonyl (C=O) groups excluding carboxylic acids is 2. The number of aliphatic hydroxyl groups is 1. The summed E-state index contributed by atoms with van der Waals surface area (Å²) in [6.07, 6.45) is 3.95. The Kier molecular flexibility index (Phi) is 3.50. The molecule has 16 heavy (non-hydrogen) atoms. The molecule has 0 fully saturated rings. The first-order valence-corrected chi connectivity index (χ1v) is 4.64. The van der Waals surface area contributed by atoms with Gasteiger partial charge in [-0.25, -0.2) is 4.79 Å². The van der Waals surface area contributed by atoms with Crippen LogP contribution in [0.25, 0.3) is 0 Å². The number of carbonyl (C=O) groups is 2. The molecule has 0 amide bonds. The molecule has 0 unspecified atom stereocenters. The van der Waals surface area contributed by atoms with Crippen molar-refractivity contribution < 1.29 is 19.4 Å². The summed E-state index contributed by atoms with van der Waals surface area (Å²) in [6.45, 7) is 1.50. The summed E-state index contributed by atoms with van der Waals surface area (Å²) in [5, 5.41) is 9.57. The van der Waals surface area contributed by atoms with Crippen molar-refractivity contribution >= 4 is 11.8 Å².